The highest BCUT2D eigenvalue weighted by atomic mass is 35.5. The van der Waals surface area contributed by atoms with Crippen molar-refractivity contribution in [2.45, 2.75) is 83.7 Å². The first-order valence-corrected chi connectivity index (χ1v) is 9.15. The van der Waals surface area contributed by atoms with Gasteiger partial charge in [-0.15, -0.1) is 23.2 Å². The maximum absolute atomic E-state index is 5.86. The van der Waals surface area contributed by atoms with Gasteiger partial charge in [0.2, 0.25) is 0 Å². The summed E-state index contributed by atoms with van der Waals surface area (Å²) in [7, 11) is 0. The molecule has 0 aromatic heterocycles. The van der Waals surface area contributed by atoms with E-state index >= 15 is 0 Å². The van der Waals surface area contributed by atoms with Crippen LogP contribution in [0.1, 0.15) is 77.6 Å². The van der Waals surface area contributed by atoms with E-state index in [1.54, 1.807) is 0 Å². The summed E-state index contributed by atoms with van der Waals surface area (Å²) in [5.74, 6) is 1.15. The lowest BCUT2D eigenvalue weighted by Gasteiger charge is -2.13. The standard InChI is InChI=1S/C16H32Cl2O/c1-2-3-4-5-6-7-8-9-10-11-12-16(15-18)19-14-13-17/h16H,2-15H2,1H3/t16-/m0/s1. The molecule has 0 fully saturated rings. The molecule has 0 aliphatic carbocycles. The normalized spacial score (nSPS) is 12.8. The minimum atomic E-state index is 0.203. The third-order valence-corrected chi connectivity index (χ3v) is 3.98. The van der Waals surface area contributed by atoms with E-state index in [0.717, 1.165) is 6.42 Å². The van der Waals surface area contributed by atoms with Crippen LogP contribution in [0.5, 0.6) is 0 Å². The molecule has 0 aromatic carbocycles. The molecule has 1 nitrogen and oxygen atoms in total. The molecular weight excluding hydrogens is 279 g/mol. The second-order valence-corrected chi connectivity index (χ2v) is 5.99. The first-order valence-electron chi connectivity index (χ1n) is 8.08. The molecule has 3 heteroatoms. The molecule has 0 saturated heterocycles. The number of rotatable bonds is 15. The summed E-state index contributed by atoms with van der Waals surface area (Å²) in [6, 6.07) is 0. The Kier molecular flexibility index (Phi) is 17.1. The van der Waals surface area contributed by atoms with Crippen molar-refractivity contribution in [1.29, 1.82) is 0 Å². The monoisotopic (exact) mass is 310 g/mol. The first kappa shape index (κ1) is 19.5. The average molecular weight is 311 g/mol. The number of unbranched alkanes of at least 4 members (excludes halogenated alkanes) is 9. The molecule has 0 amide bonds. The first-order chi connectivity index (χ1) is 9.35. The lowest BCUT2D eigenvalue weighted by molar-refractivity contribution is 0.0721. The SMILES string of the molecule is CCCCCCCCCCCC[C@@H](CCl)OCCCl. The Balaban J connectivity index is 3.16. The predicted octanol–water partition coefficient (Wildman–Crippen LogP) is 6.16. The van der Waals surface area contributed by atoms with Gasteiger partial charge in [-0.25, -0.2) is 0 Å². The van der Waals surface area contributed by atoms with Crippen LogP contribution in [0, 0.1) is 0 Å². The van der Waals surface area contributed by atoms with Crippen molar-refractivity contribution in [3.63, 3.8) is 0 Å². The van der Waals surface area contributed by atoms with E-state index in [1.807, 2.05) is 0 Å². The summed E-state index contributed by atoms with van der Waals surface area (Å²) in [6.45, 7) is 2.89. The molecule has 0 N–H and O–H groups in total. The van der Waals surface area contributed by atoms with Crippen LogP contribution in [0.25, 0.3) is 0 Å². The van der Waals surface area contributed by atoms with Gasteiger partial charge in [0.25, 0.3) is 0 Å². The summed E-state index contributed by atoms with van der Waals surface area (Å²) in [4.78, 5) is 0. The molecule has 0 unspecified atom stereocenters. The molecule has 1 atom stereocenters. The minimum Gasteiger partial charge on any atom is -0.376 e. The zero-order valence-corrected chi connectivity index (χ0v) is 14.2. The maximum Gasteiger partial charge on any atom is 0.0710 e. The van der Waals surface area contributed by atoms with Gasteiger partial charge in [-0.05, 0) is 6.42 Å². The Morgan fingerprint density at radius 3 is 1.79 bits per heavy atom. The summed E-state index contributed by atoms with van der Waals surface area (Å²) in [6.07, 6.45) is 15.0. The van der Waals surface area contributed by atoms with Gasteiger partial charge in [0.05, 0.1) is 12.7 Å². The molecule has 0 bridgehead atoms. The van der Waals surface area contributed by atoms with E-state index in [-0.39, 0.29) is 6.10 Å². The Morgan fingerprint density at radius 1 is 0.789 bits per heavy atom. The number of halogens is 2. The Bertz CT molecular complexity index is 165. The molecular formula is C16H32Cl2O. The van der Waals surface area contributed by atoms with E-state index in [9.17, 15) is 0 Å². The van der Waals surface area contributed by atoms with Crippen molar-refractivity contribution in [2.24, 2.45) is 0 Å². The Morgan fingerprint density at radius 2 is 1.32 bits per heavy atom. The second-order valence-electron chi connectivity index (χ2n) is 5.31. The van der Waals surface area contributed by atoms with Gasteiger partial charge in [-0.1, -0.05) is 71.1 Å². The van der Waals surface area contributed by atoms with Crippen LogP contribution in [0.4, 0.5) is 0 Å². The number of hydrogen-bond acceptors (Lipinski definition) is 1. The van der Waals surface area contributed by atoms with Crippen molar-refractivity contribution in [2.75, 3.05) is 18.4 Å². The zero-order valence-electron chi connectivity index (χ0n) is 12.6. The van der Waals surface area contributed by atoms with Gasteiger partial charge < -0.3 is 4.74 Å². The second kappa shape index (κ2) is 16.6. The number of hydrogen-bond donors (Lipinski definition) is 0. The fraction of sp³-hybridized carbons (Fsp3) is 1.00. The molecule has 0 radical (unpaired) electrons. The van der Waals surface area contributed by atoms with Crippen LogP contribution in [-0.2, 0) is 4.74 Å². The van der Waals surface area contributed by atoms with E-state index in [4.69, 9.17) is 27.9 Å². The van der Waals surface area contributed by atoms with Crippen molar-refractivity contribution in [1.82, 2.24) is 0 Å². The highest BCUT2D eigenvalue weighted by Gasteiger charge is 2.06. The van der Waals surface area contributed by atoms with Crippen LogP contribution in [-0.4, -0.2) is 24.5 Å². The third kappa shape index (κ3) is 14.8. The maximum atomic E-state index is 5.86. The number of alkyl halides is 2. The fourth-order valence-corrected chi connectivity index (χ4v) is 2.61. The number of ether oxygens (including phenoxy) is 1. The van der Waals surface area contributed by atoms with Crippen molar-refractivity contribution in [3.05, 3.63) is 0 Å². The minimum absolute atomic E-state index is 0.203. The molecule has 0 rings (SSSR count). The molecule has 0 aliphatic rings. The summed E-state index contributed by atoms with van der Waals surface area (Å²) >= 11 is 11.5. The Labute approximate surface area is 130 Å². The van der Waals surface area contributed by atoms with Gasteiger partial charge in [0.1, 0.15) is 0 Å². The van der Waals surface area contributed by atoms with Crippen LogP contribution < -0.4 is 0 Å². The highest BCUT2D eigenvalue weighted by molar-refractivity contribution is 6.18. The van der Waals surface area contributed by atoms with Crippen molar-refractivity contribution < 1.29 is 4.74 Å². The van der Waals surface area contributed by atoms with Gasteiger partial charge in [-0.2, -0.15) is 0 Å². The smallest absolute Gasteiger partial charge is 0.0710 e. The van der Waals surface area contributed by atoms with Crippen molar-refractivity contribution in [3.8, 4) is 0 Å². The summed E-state index contributed by atoms with van der Waals surface area (Å²) in [5.41, 5.74) is 0. The van der Waals surface area contributed by atoms with Crippen LogP contribution >= 0.6 is 23.2 Å². The zero-order chi connectivity index (χ0) is 14.2. The molecule has 116 valence electrons. The molecule has 0 saturated carbocycles. The van der Waals surface area contributed by atoms with Gasteiger partial charge in [-0.3, -0.25) is 0 Å². The summed E-state index contributed by atoms with van der Waals surface area (Å²) < 4.78 is 5.56. The Hall–Kier alpha value is 0.540. The van der Waals surface area contributed by atoms with Gasteiger partial charge in [0.15, 0.2) is 0 Å². The lowest BCUT2D eigenvalue weighted by atomic mass is 10.0. The third-order valence-electron chi connectivity index (χ3n) is 3.48. The molecule has 19 heavy (non-hydrogen) atoms. The van der Waals surface area contributed by atoms with Gasteiger partial charge >= 0.3 is 0 Å². The van der Waals surface area contributed by atoms with Crippen LogP contribution in [0.15, 0.2) is 0 Å². The molecule has 0 aliphatic heterocycles. The van der Waals surface area contributed by atoms with Crippen LogP contribution in [0.3, 0.4) is 0 Å². The molecule has 0 heterocycles. The van der Waals surface area contributed by atoms with Crippen molar-refractivity contribution >= 4 is 23.2 Å². The highest BCUT2D eigenvalue weighted by Crippen LogP contribution is 2.13. The summed E-state index contributed by atoms with van der Waals surface area (Å²) in [5, 5.41) is 0. The topological polar surface area (TPSA) is 9.23 Å². The quantitative estimate of drug-likeness (QED) is 0.260. The average Bonchev–Trinajstić information content (AvgIpc) is 2.44. The molecule has 0 aromatic rings. The van der Waals surface area contributed by atoms with Gasteiger partial charge in [0, 0.05) is 11.8 Å². The van der Waals surface area contributed by atoms with E-state index < -0.39 is 0 Å². The molecule has 0 spiro atoms. The van der Waals surface area contributed by atoms with Crippen LogP contribution in [0.2, 0.25) is 0 Å². The van der Waals surface area contributed by atoms with E-state index in [1.165, 1.54) is 64.2 Å². The predicted molar refractivity (Wildman–Crippen MR) is 87.6 cm³/mol. The lowest BCUT2D eigenvalue weighted by Crippen LogP contribution is -2.16. The van der Waals surface area contributed by atoms with E-state index in [2.05, 4.69) is 6.92 Å². The largest absolute Gasteiger partial charge is 0.376 e. The van der Waals surface area contributed by atoms with E-state index in [0.29, 0.717) is 18.4 Å². The fourth-order valence-electron chi connectivity index (χ4n) is 2.28.